The lowest BCUT2D eigenvalue weighted by molar-refractivity contribution is -0.139. The number of fused-ring (bicyclic) bond motifs is 3. The highest BCUT2D eigenvalue weighted by Crippen LogP contribution is 2.44. The molecule has 11 heteroatoms. The Balaban J connectivity index is 1.16. The second-order valence-corrected chi connectivity index (χ2v) is 9.22. The average Bonchev–Trinajstić information content (AvgIpc) is 3.28. The Kier molecular flexibility index (Phi) is 9.58. The SMILES string of the molecule is [N-]=[N+]=Nc1ccc(COC(=O)NCCCC[C@H](NC(=O)OCC2c3ccccc3-c3ccccc32)C(=O)O)cc1. The largest absolute Gasteiger partial charge is 0.480 e. The number of carbonyl (C=O) groups excluding carboxylic acids is 2. The minimum Gasteiger partial charge on any atom is -0.480 e. The van der Waals surface area contributed by atoms with Crippen LogP contribution in [0.15, 0.2) is 77.9 Å². The molecule has 0 aliphatic heterocycles. The van der Waals surface area contributed by atoms with E-state index in [1.165, 1.54) is 0 Å². The Hall–Kier alpha value is -5.02. The summed E-state index contributed by atoms with van der Waals surface area (Å²) in [5.41, 5.74) is 14.0. The third kappa shape index (κ3) is 7.30. The Labute approximate surface area is 230 Å². The molecule has 0 bridgehead atoms. The molecule has 0 aromatic heterocycles. The van der Waals surface area contributed by atoms with E-state index < -0.39 is 24.2 Å². The summed E-state index contributed by atoms with van der Waals surface area (Å²) in [4.78, 5) is 38.8. The summed E-state index contributed by atoms with van der Waals surface area (Å²) in [6.45, 7) is 0.426. The number of hydrogen-bond acceptors (Lipinski definition) is 6. The number of azide groups is 1. The van der Waals surface area contributed by atoms with Crippen LogP contribution < -0.4 is 10.6 Å². The topological polar surface area (TPSA) is 163 Å². The standard InChI is InChI=1S/C29H29N5O6/c30-34-33-20-14-12-19(13-15-20)17-39-28(37)31-16-6-5-11-26(27(35)36)32-29(38)40-18-25-23-9-3-1-7-21(23)22-8-2-4-10-24(22)25/h1-4,7-10,12-15,25-26H,5-6,11,16-18H2,(H,31,37)(H,32,38)(H,35,36)/t26-/m0/s1. The van der Waals surface area contributed by atoms with Crippen molar-refractivity contribution in [1.29, 1.82) is 0 Å². The van der Waals surface area contributed by atoms with Gasteiger partial charge in [0.05, 0.1) is 0 Å². The molecule has 0 unspecified atom stereocenters. The van der Waals surface area contributed by atoms with Crippen LogP contribution >= 0.6 is 0 Å². The monoisotopic (exact) mass is 543 g/mol. The van der Waals surface area contributed by atoms with Crippen LogP contribution in [0.5, 0.6) is 0 Å². The molecule has 3 N–H and O–H groups in total. The van der Waals surface area contributed by atoms with Crippen molar-refractivity contribution in [2.45, 2.75) is 37.8 Å². The molecule has 0 heterocycles. The Morgan fingerprint density at radius 3 is 2.17 bits per heavy atom. The summed E-state index contributed by atoms with van der Waals surface area (Å²) in [5, 5.41) is 18.1. The maximum absolute atomic E-state index is 12.5. The minimum atomic E-state index is -1.16. The second kappa shape index (κ2) is 13.7. The first-order valence-corrected chi connectivity index (χ1v) is 12.8. The first-order chi connectivity index (χ1) is 19.5. The zero-order chi connectivity index (χ0) is 28.3. The number of alkyl carbamates (subject to hydrolysis) is 2. The van der Waals surface area contributed by atoms with E-state index in [4.69, 9.17) is 15.0 Å². The first-order valence-electron chi connectivity index (χ1n) is 12.8. The zero-order valence-corrected chi connectivity index (χ0v) is 21.7. The van der Waals surface area contributed by atoms with Crippen molar-refractivity contribution in [3.63, 3.8) is 0 Å². The molecule has 2 amide bonds. The Morgan fingerprint density at radius 1 is 0.900 bits per heavy atom. The van der Waals surface area contributed by atoms with Gasteiger partial charge in [0.25, 0.3) is 0 Å². The number of rotatable bonds is 12. The van der Waals surface area contributed by atoms with Gasteiger partial charge in [0.1, 0.15) is 19.3 Å². The van der Waals surface area contributed by atoms with Crippen LogP contribution in [-0.4, -0.2) is 42.5 Å². The van der Waals surface area contributed by atoms with Crippen LogP contribution in [0, 0.1) is 0 Å². The lowest BCUT2D eigenvalue weighted by Gasteiger charge is -2.17. The van der Waals surface area contributed by atoms with E-state index in [2.05, 4.69) is 20.7 Å². The quantitative estimate of drug-likeness (QED) is 0.109. The molecule has 0 saturated carbocycles. The van der Waals surface area contributed by atoms with Crippen LogP contribution in [0.4, 0.5) is 15.3 Å². The minimum absolute atomic E-state index is 0.0491. The number of benzene rings is 3. The van der Waals surface area contributed by atoms with Crippen molar-refractivity contribution in [3.8, 4) is 11.1 Å². The van der Waals surface area contributed by atoms with Crippen molar-refractivity contribution in [1.82, 2.24) is 10.6 Å². The number of nitrogens with one attached hydrogen (secondary N) is 2. The summed E-state index contributed by atoms with van der Waals surface area (Å²) in [7, 11) is 0. The number of unbranched alkanes of at least 4 members (excludes halogenated alkanes) is 1. The molecule has 4 rings (SSSR count). The number of carbonyl (C=O) groups is 3. The van der Waals surface area contributed by atoms with Gasteiger partial charge in [0.2, 0.25) is 0 Å². The molecule has 1 atom stereocenters. The number of carboxylic acid groups (broad SMARTS) is 1. The van der Waals surface area contributed by atoms with Crippen LogP contribution in [-0.2, 0) is 20.9 Å². The lowest BCUT2D eigenvalue weighted by Crippen LogP contribution is -2.41. The van der Waals surface area contributed by atoms with Crippen molar-refractivity contribution in [2.75, 3.05) is 13.2 Å². The Bertz CT molecular complexity index is 1360. The van der Waals surface area contributed by atoms with E-state index in [1.54, 1.807) is 24.3 Å². The molecule has 0 fully saturated rings. The van der Waals surface area contributed by atoms with E-state index in [9.17, 15) is 19.5 Å². The van der Waals surface area contributed by atoms with Crippen molar-refractivity contribution in [2.24, 2.45) is 5.11 Å². The molecular formula is C29H29N5O6. The van der Waals surface area contributed by atoms with Crippen molar-refractivity contribution in [3.05, 3.63) is 99.9 Å². The van der Waals surface area contributed by atoms with Crippen LogP contribution in [0.25, 0.3) is 21.6 Å². The van der Waals surface area contributed by atoms with Gasteiger partial charge in [-0.25, -0.2) is 14.4 Å². The second-order valence-electron chi connectivity index (χ2n) is 9.22. The molecule has 0 radical (unpaired) electrons. The third-order valence-electron chi connectivity index (χ3n) is 6.59. The van der Waals surface area contributed by atoms with Gasteiger partial charge < -0.3 is 25.2 Å². The highest BCUT2D eigenvalue weighted by Gasteiger charge is 2.29. The van der Waals surface area contributed by atoms with E-state index >= 15 is 0 Å². The highest BCUT2D eigenvalue weighted by atomic mass is 16.6. The molecule has 206 valence electrons. The summed E-state index contributed by atoms with van der Waals surface area (Å²) >= 11 is 0. The Morgan fingerprint density at radius 2 is 1.55 bits per heavy atom. The molecule has 0 spiro atoms. The molecule has 40 heavy (non-hydrogen) atoms. The predicted octanol–water partition coefficient (Wildman–Crippen LogP) is 6.02. The molecule has 3 aromatic rings. The number of hydrogen-bond donors (Lipinski definition) is 3. The van der Waals surface area contributed by atoms with E-state index in [-0.39, 0.29) is 32.1 Å². The van der Waals surface area contributed by atoms with Crippen molar-refractivity contribution >= 4 is 23.8 Å². The normalized spacial score (nSPS) is 12.3. The van der Waals surface area contributed by atoms with Gasteiger partial charge in [-0.3, -0.25) is 0 Å². The summed E-state index contributed by atoms with van der Waals surface area (Å²) in [6, 6.07) is 21.4. The predicted molar refractivity (Wildman–Crippen MR) is 147 cm³/mol. The molecule has 1 aliphatic carbocycles. The van der Waals surface area contributed by atoms with Gasteiger partial charge >= 0.3 is 18.2 Å². The summed E-state index contributed by atoms with van der Waals surface area (Å²) < 4.78 is 10.6. The van der Waals surface area contributed by atoms with Gasteiger partial charge in [-0.15, -0.1) is 0 Å². The highest BCUT2D eigenvalue weighted by molar-refractivity contribution is 5.81. The number of aliphatic carboxylic acids is 1. The lowest BCUT2D eigenvalue weighted by atomic mass is 9.98. The van der Waals surface area contributed by atoms with E-state index in [1.807, 2.05) is 48.5 Å². The average molecular weight is 544 g/mol. The fraction of sp³-hybridized carbons (Fsp3) is 0.276. The van der Waals surface area contributed by atoms with E-state index in [0.29, 0.717) is 18.5 Å². The maximum Gasteiger partial charge on any atom is 0.407 e. The summed E-state index contributed by atoms with van der Waals surface area (Å²) in [6.07, 6.45) is -0.282. The molecular weight excluding hydrogens is 514 g/mol. The fourth-order valence-corrected chi connectivity index (χ4v) is 4.61. The van der Waals surface area contributed by atoms with Crippen molar-refractivity contribution < 1.29 is 29.0 Å². The molecule has 0 saturated heterocycles. The number of nitrogens with zero attached hydrogens (tertiary/aromatic N) is 3. The third-order valence-corrected chi connectivity index (χ3v) is 6.59. The van der Waals surface area contributed by atoms with Gasteiger partial charge in [-0.2, -0.15) is 0 Å². The first kappa shape index (κ1) is 28.0. The number of amides is 2. The molecule has 11 nitrogen and oxygen atoms in total. The van der Waals surface area contributed by atoms with Crippen LogP contribution in [0.2, 0.25) is 0 Å². The van der Waals surface area contributed by atoms with Gasteiger partial charge in [-0.1, -0.05) is 77.9 Å². The summed E-state index contributed by atoms with van der Waals surface area (Å²) in [5.74, 6) is -1.28. The number of ether oxygens (including phenoxy) is 2. The van der Waals surface area contributed by atoms with Gasteiger partial charge in [0, 0.05) is 23.1 Å². The number of carboxylic acids is 1. The van der Waals surface area contributed by atoms with Gasteiger partial charge in [0.15, 0.2) is 0 Å². The van der Waals surface area contributed by atoms with E-state index in [0.717, 1.165) is 27.8 Å². The maximum atomic E-state index is 12.5. The van der Waals surface area contributed by atoms with Crippen LogP contribution in [0.3, 0.4) is 0 Å². The van der Waals surface area contributed by atoms with Crippen LogP contribution in [0.1, 0.15) is 41.9 Å². The smallest absolute Gasteiger partial charge is 0.407 e. The fourth-order valence-electron chi connectivity index (χ4n) is 4.61. The van der Waals surface area contributed by atoms with Gasteiger partial charge in [-0.05, 0) is 52.6 Å². The zero-order valence-electron chi connectivity index (χ0n) is 21.7. The molecule has 1 aliphatic rings. The molecule has 3 aromatic carbocycles.